The van der Waals surface area contributed by atoms with Gasteiger partial charge in [0.15, 0.2) is 17.5 Å². The summed E-state index contributed by atoms with van der Waals surface area (Å²) in [6.45, 7) is 0.287. The van der Waals surface area contributed by atoms with Crippen molar-refractivity contribution in [1.82, 2.24) is 10.3 Å². The molecule has 0 saturated heterocycles. The Morgan fingerprint density at radius 1 is 1.08 bits per heavy atom. The number of amides is 2. The second kappa shape index (κ2) is 6.92. The Bertz CT molecular complexity index is 814. The van der Waals surface area contributed by atoms with E-state index in [9.17, 15) is 22.8 Å². The third kappa shape index (κ3) is 3.78. The smallest absolute Gasteiger partial charge is 0.228 e. The third-order valence-electron chi connectivity index (χ3n) is 3.95. The highest BCUT2D eigenvalue weighted by molar-refractivity contribution is 5.99. The summed E-state index contributed by atoms with van der Waals surface area (Å²) in [4.78, 5) is 28.0. The van der Waals surface area contributed by atoms with Gasteiger partial charge < -0.3 is 10.6 Å². The van der Waals surface area contributed by atoms with Gasteiger partial charge in [-0.05, 0) is 30.2 Å². The van der Waals surface area contributed by atoms with E-state index in [4.69, 9.17) is 0 Å². The van der Waals surface area contributed by atoms with Crippen LogP contribution in [-0.4, -0.2) is 16.8 Å². The van der Waals surface area contributed by atoms with Crippen molar-refractivity contribution < 1.29 is 22.8 Å². The molecule has 2 N–H and O–H groups in total. The van der Waals surface area contributed by atoms with E-state index in [0.717, 1.165) is 17.7 Å². The Hall–Kier alpha value is -2.90. The van der Waals surface area contributed by atoms with Crippen molar-refractivity contribution in [1.29, 1.82) is 0 Å². The number of hydrogen-bond acceptors (Lipinski definition) is 3. The average Bonchev–Trinajstić information content (AvgIpc) is 3.42. The minimum absolute atomic E-state index is 0.287. The predicted molar refractivity (Wildman–Crippen MR) is 82.6 cm³/mol. The third-order valence-corrected chi connectivity index (χ3v) is 3.95. The summed E-state index contributed by atoms with van der Waals surface area (Å²) < 4.78 is 39.6. The summed E-state index contributed by atoms with van der Waals surface area (Å²) in [5, 5.41) is 4.88. The van der Waals surface area contributed by atoms with Crippen LogP contribution >= 0.6 is 0 Å². The van der Waals surface area contributed by atoms with Crippen LogP contribution in [0.25, 0.3) is 0 Å². The molecule has 0 aliphatic heterocycles. The SMILES string of the molecule is O=C(NCc1cccnc1)C1CC1C(=O)Nc1ccc(F)c(F)c1F. The fourth-order valence-corrected chi connectivity index (χ4v) is 2.45. The molecular weight excluding hydrogens is 335 g/mol. The molecular formula is C17H14F3N3O2. The highest BCUT2D eigenvalue weighted by atomic mass is 19.2. The lowest BCUT2D eigenvalue weighted by Crippen LogP contribution is -2.27. The molecule has 0 radical (unpaired) electrons. The molecule has 1 saturated carbocycles. The number of hydrogen-bond donors (Lipinski definition) is 2. The Balaban J connectivity index is 1.53. The number of rotatable bonds is 5. The Morgan fingerprint density at radius 2 is 1.84 bits per heavy atom. The van der Waals surface area contributed by atoms with Gasteiger partial charge in [-0.2, -0.15) is 0 Å². The monoisotopic (exact) mass is 349 g/mol. The van der Waals surface area contributed by atoms with Gasteiger partial charge in [-0.1, -0.05) is 6.07 Å². The molecule has 3 rings (SSSR count). The van der Waals surface area contributed by atoms with E-state index in [1.165, 1.54) is 0 Å². The first kappa shape index (κ1) is 16.9. The summed E-state index contributed by atoms with van der Waals surface area (Å²) >= 11 is 0. The lowest BCUT2D eigenvalue weighted by molar-refractivity contribution is -0.125. The van der Waals surface area contributed by atoms with Crippen molar-refractivity contribution in [3.8, 4) is 0 Å². The van der Waals surface area contributed by atoms with Crippen LogP contribution in [0, 0.1) is 29.3 Å². The maximum Gasteiger partial charge on any atom is 0.228 e. The molecule has 2 atom stereocenters. The van der Waals surface area contributed by atoms with Crippen molar-refractivity contribution >= 4 is 17.5 Å². The van der Waals surface area contributed by atoms with E-state index >= 15 is 0 Å². The van der Waals surface area contributed by atoms with Crippen molar-refractivity contribution in [2.75, 3.05) is 5.32 Å². The Morgan fingerprint density at radius 3 is 2.56 bits per heavy atom. The number of anilines is 1. The van der Waals surface area contributed by atoms with E-state index < -0.39 is 40.9 Å². The second-order valence-electron chi connectivity index (χ2n) is 5.74. The fraction of sp³-hybridized carbons (Fsp3) is 0.235. The topological polar surface area (TPSA) is 71.1 Å². The number of nitrogens with zero attached hydrogens (tertiary/aromatic N) is 1. The van der Waals surface area contributed by atoms with Crippen molar-refractivity contribution in [3.63, 3.8) is 0 Å². The van der Waals surface area contributed by atoms with Gasteiger partial charge in [0.25, 0.3) is 0 Å². The molecule has 0 spiro atoms. The maximum absolute atomic E-state index is 13.6. The number of carbonyl (C=O) groups excluding carboxylic acids is 2. The van der Waals surface area contributed by atoms with Crippen LogP contribution in [0.2, 0.25) is 0 Å². The van der Waals surface area contributed by atoms with Gasteiger partial charge in [-0.25, -0.2) is 13.2 Å². The fourth-order valence-electron chi connectivity index (χ4n) is 2.45. The molecule has 2 amide bonds. The predicted octanol–water partition coefficient (Wildman–Crippen LogP) is 2.39. The van der Waals surface area contributed by atoms with Crippen LogP contribution in [0.5, 0.6) is 0 Å². The molecule has 1 aromatic heterocycles. The van der Waals surface area contributed by atoms with E-state index in [1.807, 2.05) is 0 Å². The molecule has 1 aliphatic rings. The number of halogens is 3. The molecule has 1 aliphatic carbocycles. The zero-order valence-corrected chi connectivity index (χ0v) is 12.9. The highest BCUT2D eigenvalue weighted by Gasteiger charge is 2.48. The first-order chi connectivity index (χ1) is 12.0. The molecule has 25 heavy (non-hydrogen) atoms. The molecule has 2 unspecified atom stereocenters. The second-order valence-corrected chi connectivity index (χ2v) is 5.74. The van der Waals surface area contributed by atoms with Crippen molar-refractivity contribution in [3.05, 3.63) is 59.7 Å². The zero-order valence-electron chi connectivity index (χ0n) is 12.9. The van der Waals surface area contributed by atoms with Crippen molar-refractivity contribution in [2.24, 2.45) is 11.8 Å². The van der Waals surface area contributed by atoms with Crippen molar-refractivity contribution in [2.45, 2.75) is 13.0 Å². The van der Waals surface area contributed by atoms with Gasteiger partial charge in [0, 0.05) is 18.9 Å². The minimum Gasteiger partial charge on any atom is -0.352 e. The first-order valence-electron chi connectivity index (χ1n) is 7.58. The first-order valence-corrected chi connectivity index (χ1v) is 7.58. The van der Waals surface area contributed by atoms with Crippen LogP contribution in [-0.2, 0) is 16.1 Å². The van der Waals surface area contributed by atoms with E-state index in [2.05, 4.69) is 15.6 Å². The number of carbonyl (C=O) groups is 2. The summed E-state index contributed by atoms with van der Waals surface area (Å²) in [7, 11) is 0. The lowest BCUT2D eigenvalue weighted by atomic mass is 10.2. The van der Waals surface area contributed by atoms with Crippen LogP contribution in [0.15, 0.2) is 36.7 Å². The van der Waals surface area contributed by atoms with Crippen LogP contribution in [0.1, 0.15) is 12.0 Å². The van der Waals surface area contributed by atoms with Gasteiger partial charge in [0.05, 0.1) is 17.5 Å². The highest BCUT2D eigenvalue weighted by Crippen LogP contribution is 2.39. The van der Waals surface area contributed by atoms with E-state index in [0.29, 0.717) is 6.42 Å². The van der Waals surface area contributed by atoms with E-state index in [1.54, 1.807) is 24.5 Å². The lowest BCUT2D eigenvalue weighted by Gasteiger charge is -2.07. The van der Waals surface area contributed by atoms with Gasteiger partial charge in [0.2, 0.25) is 11.8 Å². The van der Waals surface area contributed by atoms with E-state index in [-0.39, 0.29) is 12.5 Å². The molecule has 1 fully saturated rings. The normalized spacial score (nSPS) is 18.5. The summed E-state index contributed by atoms with van der Waals surface area (Å²) in [5.74, 6) is -6.51. The summed E-state index contributed by atoms with van der Waals surface area (Å²) in [6.07, 6.45) is 3.54. The Labute approximate surface area is 141 Å². The standard InChI is InChI=1S/C17H14F3N3O2/c18-12-3-4-13(15(20)14(12)19)23-17(25)11-6-10(11)16(24)22-8-9-2-1-5-21-7-9/h1-5,7,10-11H,6,8H2,(H,22,24)(H,23,25). The molecule has 0 bridgehead atoms. The molecule has 1 heterocycles. The molecule has 1 aromatic carbocycles. The molecule has 2 aromatic rings. The molecule has 8 heteroatoms. The quantitative estimate of drug-likeness (QED) is 0.815. The number of benzene rings is 1. The largest absolute Gasteiger partial charge is 0.352 e. The van der Waals surface area contributed by atoms with Gasteiger partial charge in [0.1, 0.15) is 0 Å². The van der Waals surface area contributed by atoms with Crippen LogP contribution in [0.3, 0.4) is 0 Å². The number of aromatic nitrogens is 1. The van der Waals surface area contributed by atoms with Gasteiger partial charge in [-0.15, -0.1) is 0 Å². The summed E-state index contributed by atoms with van der Waals surface area (Å²) in [5.41, 5.74) is 0.367. The minimum atomic E-state index is -1.65. The molecule has 5 nitrogen and oxygen atoms in total. The Kier molecular flexibility index (Phi) is 4.69. The van der Waals surface area contributed by atoms with Crippen LogP contribution in [0.4, 0.5) is 18.9 Å². The summed E-state index contributed by atoms with van der Waals surface area (Å²) in [6, 6.07) is 5.20. The number of pyridine rings is 1. The number of nitrogens with one attached hydrogen (secondary N) is 2. The zero-order chi connectivity index (χ0) is 18.0. The maximum atomic E-state index is 13.6. The molecule has 130 valence electrons. The van der Waals surface area contributed by atoms with Crippen LogP contribution < -0.4 is 10.6 Å². The average molecular weight is 349 g/mol. The van der Waals surface area contributed by atoms with Gasteiger partial charge >= 0.3 is 0 Å². The van der Waals surface area contributed by atoms with Gasteiger partial charge in [-0.3, -0.25) is 14.6 Å².